The van der Waals surface area contributed by atoms with Gasteiger partial charge in [-0.25, -0.2) is 0 Å². The number of nitrogens with one attached hydrogen (secondary N) is 1. The van der Waals surface area contributed by atoms with Crippen molar-refractivity contribution >= 4 is 34.8 Å². The first-order chi connectivity index (χ1) is 10.1. The molecule has 0 amide bonds. The Bertz CT molecular complexity index is 687. The zero-order valence-corrected chi connectivity index (χ0v) is 13.7. The SMILES string of the molecule is CNC(c1cc(Cl)ccc1Cl)c1cc(Cl)cc2c1OCC2. The third-order valence-electron chi connectivity index (χ3n) is 3.65. The van der Waals surface area contributed by atoms with Gasteiger partial charge >= 0.3 is 0 Å². The highest BCUT2D eigenvalue weighted by atomic mass is 35.5. The predicted molar refractivity (Wildman–Crippen MR) is 88.0 cm³/mol. The van der Waals surface area contributed by atoms with E-state index in [0.717, 1.165) is 28.9 Å². The molecule has 0 aromatic heterocycles. The molecule has 2 nitrogen and oxygen atoms in total. The second-order valence-corrected chi connectivity index (χ2v) is 6.25. The zero-order chi connectivity index (χ0) is 15.0. The summed E-state index contributed by atoms with van der Waals surface area (Å²) in [4.78, 5) is 0. The fourth-order valence-electron chi connectivity index (χ4n) is 2.73. The predicted octanol–water partition coefficient (Wildman–Crippen LogP) is 4.89. The molecule has 3 rings (SSSR count). The molecule has 2 aromatic carbocycles. The molecule has 0 fully saturated rings. The van der Waals surface area contributed by atoms with Crippen molar-refractivity contribution in [1.29, 1.82) is 0 Å². The minimum absolute atomic E-state index is 0.123. The van der Waals surface area contributed by atoms with E-state index >= 15 is 0 Å². The number of fused-ring (bicyclic) bond motifs is 1. The van der Waals surface area contributed by atoms with Crippen LogP contribution in [0.25, 0.3) is 0 Å². The molecule has 0 saturated heterocycles. The van der Waals surface area contributed by atoms with Crippen LogP contribution in [0.4, 0.5) is 0 Å². The van der Waals surface area contributed by atoms with Crippen LogP contribution in [0.15, 0.2) is 30.3 Å². The summed E-state index contributed by atoms with van der Waals surface area (Å²) in [5.41, 5.74) is 3.03. The van der Waals surface area contributed by atoms with Gasteiger partial charge in [0.2, 0.25) is 0 Å². The molecule has 0 radical (unpaired) electrons. The van der Waals surface area contributed by atoms with Crippen LogP contribution in [0, 0.1) is 0 Å². The van der Waals surface area contributed by atoms with Crippen molar-refractivity contribution in [3.8, 4) is 5.75 Å². The van der Waals surface area contributed by atoms with Gasteiger partial charge in [0.15, 0.2) is 0 Å². The van der Waals surface area contributed by atoms with Crippen molar-refractivity contribution < 1.29 is 4.74 Å². The van der Waals surface area contributed by atoms with Crippen molar-refractivity contribution in [2.45, 2.75) is 12.5 Å². The number of benzene rings is 2. The highest BCUT2D eigenvalue weighted by Gasteiger charge is 2.25. The molecule has 0 bridgehead atoms. The summed E-state index contributed by atoms with van der Waals surface area (Å²) in [6.07, 6.45) is 0.878. The van der Waals surface area contributed by atoms with Crippen LogP contribution in [0.2, 0.25) is 15.1 Å². The Morgan fingerprint density at radius 2 is 1.81 bits per heavy atom. The lowest BCUT2D eigenvalue weighted by Gasteiger charge is -2.21. The summed E-state index contributed by atoms with van der Waals surface area (Å²) in [7, 11) is 1.88. The molecule has 0 aliphatic carbocycles. The Labute approximate surface area is 139 Å². The van der Waals surface area contributed by atoms with Gasteiger partial charge in [0, 0.05) is 27.1 Å². The van der Waals surface area contributed by atoms with Crippen molar-refractivity contribution in [1.82, 2.24) is 5.32 Å². The van der Waals surface area contributed by atoms with Crippen LogP contribution in [0.3, 0.4) is 0 Å². The lowest BCUT2D eigenvalue weighted by molar-refractivity contribution is 0.351. The molecule has 1 unspecified atom stereocenters. The maximum absolute atomic E-state index is 6.34. The molecule has 2 aromatic rings. The maximum atomic E-state index is 6.34. The lowest BCUT2D eigenvalue weighted by Crippen LogP contribution is -2.19. The molecule has 0 saturated carbocycles. The van der Waals surface area contributed by atoms with Gasteiger partial charge in [0.05, 0.1) is 12.6 Å². The monoisotopic (exact) mass is 341 g/mol. The molecule has 0 spiro atoms. The van der Waals surface area contributed by atoms with Crippen LogP contribution in [-0.4, -0.2) is 13.7 Å². The summed E-state index contributed by atoms with van der Waals surface area (Å²) in [5.74, 6) is 0.898. The van der Waals surface area contributed by atoms with E-state index in [0.29, 0.717) is 21.7 Å². The Morgan fingerprint density at radius 1 is 1.05 bits per heavy atom. The quantitative estimate of drug-likeness (QED) is 0.857. The maximum Gasteiger partial charge on any atom is 0.127 e. The van der Waals surface area contributed by atoms with Crippen LogP contribution < -0.4 is 10.1 Å². The average molecular weight is 343 g/mol. The fourth-order valence-corrected chi connectivity index (χ4v) is 3.38. The van der Waals surface area contributed by atoms with Crippen molar-refractivity contribution in [2.75, 3.05) is 13.7 Å². The molecular weight excluding hydrogens is 329 g/mol. The highest BCUT2D eigenvalue weighted by Crippen LogP contribution is 2.40. The first kappa shape index (κ1) is 15.0. The lowest BCUT2D eigenvalue weighted by atomic mass is 9.96. The first-order valence-corrected chi connectivity index (χ1v) is 7.81. The minimum Gasteiger partial charge on any atom is -0.493 e. The molecule has 1 aliphatic heterocycles. The summed E-state index contributed by atoms with van der Waals surface area (Å²) in [6, 6.07) is 9.20. The van der Waals surface area contributed by atoms with Crippen molar-refractivity contribution in [2.24, 2.45) is 0 Å². The Morgan fingerprint density at radius 3 is 2.57 bits per heavy atom. The number of ether oxygens (including phenoxy) is 1. The smallest absolute Gasteiger partial charge is 0.127 e. The largest absolute Gasteiger partial charge is 0.493 e. The van der Waals surface area contributed by atoms with Gasteiger partial charge in [0.25, 0.3) is 0 Å². The van der Waals surface area contributed by atoms with Gasteiger partial charge in [0.1, 0.15) is 5.75 Å². The Kier molecular flexibility index (Phi) is 4.32. The van der Waals surface area contributed by atoms with E-state index in [9.17, 15) is 0 Å². The van der Waals surface area contributed by atoms with Crippen molar-refractivity contribution in [3.05, 3.63) is 62.1 Å². The van der Waals surface area contributed by atoms with E-state index in [1.165, 1.54) is 0 Å². The van der Waals surface area contributed by atoms with E-state index in [1.54, 1.807) is 12.1 Å². The van der Waals surface area contributed by atoms with Crippen LogP contribution in [-0.2, 0) is 6.42 Å². The molecule has 1 aliphatic rings. The summed E-state index contributed by atoms with van der Waals surface area (Å²) >= 11 is 18.7. The molecule has 21 heavy (non-hydrogen) atoms. The first-order valence-electron chi connectivity index (χ1n) is 6.67. The van der Waals surface area contributed by atoms with E-state index in [2.05, 4.69) is 5.32 Å². The Balaban J connectivity index is 2.15. The highest BCUT2D eigenvalue weighted by molar-refractivity contribution is 6.33. The molecule has 1 heterocycles. The second-order valence-electron chi connectivity index (χ2n) is 4.97. The number of hydrogen-bond acceptors (Lipinski definition) is 2. The van der Waals surface area contributed by atoms with Crippen LogP contribution in [0.5, 0.6) is 5.75 Å². The molecule has 5 heteroatoms. The third-order valence-corrected chi connectivity index (χ3v) is 4.44. The number of halogens is 3. The summed E-state index contributed by atoms with van der Waals surface area (Å²) in [5, 5.41) is 5.28. The van der Waals surface area contributed by atoms with Gasteiger partial charge in [-0.2, -0.15) is 0 Å². The molecule has 110 valence electrons. The summed E-state index contributed by atoms with van der Waals surface area (Å²) in [6.45, 7) is 0.683. The third kappa shape index (κ3) is 2.86. The minimum atomic E-state index is -0.123. The van der Waals surface area contributed by atoms with Gasteiger partial charge in [-0.3, -0.25) is 0 Å². The van der Waals surface area contributed by atoms with Crippen molar-refractivity contribution in [3.63, 3.8) is 0 Å². The van der Waals surface area contributed by atoms with Gasteiger partial charge in [-0.15, -0.1) is 0 Å². The van der Waals surface area contributed by atoms with Crippen LogP contribution >= 0.6 is 34.8 Å². The second kappa shape index (κ2) is 6.05. The van der Waals surface area contributed by atoms with E-state index in [-0.39, 0.29) is 6.04 Å². The summed E-state index contributed by atoms with van der Waals surface area (Å²) < 4.78 is 5.78. The molecule has 1 atom stereocenters. The van der Waals surface area contributed by atoms with E-state index < -0.39 is 0 Å². The van der Waals surface area contributed by atoms with Gasteiger partial charge in [-0.1, -0.05) is 34.8 Å². The van der Waals surface area contributed by atoms with Gasteiger partial charge < -0.3 is 10.1 Å². The standard InChI is InChI=1S/C16H14Cl3NO/c1-20-15(12-7-10(17)2-3-14(12)19)13-8-11(18)6-9-4-5-21-16(9)13/h2-3,6-8,15,20H,4-5H2,1H3. The molecular formula is C16H14Cl3NO. The number of hydrogen-bond donors (Lipinski definition) is 1. The normalized spacial score (nSPS) is 14.7. The topological polar surface area (TPSA) is 21.3 Å². The van der Waals surface area contributed by atoms with E-state index in [1.807, 2.05) is 25.2 Å². The van der Waals surface area contributed by atoms with Crippen LogP contribution in [0.1, 0.15) is 22.7 Å². The Hall–Kier alpha value is -0.930. The fraction of sp³-hybridized carbons (Fsp3) is 0.250. The average Bonchev–Trinajstić information content (AvgIpc) is 2.91. The van der Waals surface area contributed by atoms with Gasteiger partial charge in [-0.05, 0) is 48.5 Å². The van der Waals surface area contributed by atoms with E-state index in [4.69, 9.17) is 39.5 Å². The number of rotatable bonds is 3. The molecule has 1 N–H and O–H groups in total. The zero-order valence-electron chi connectivity index (χ0n) is 11.4.